The molecule has 7 nitrogen and oxygen atoms in total. The highest BCUT2D eigenvalue weighted by Gasteiger charge is 2.33. The van der Waals surface area contributed by atoms with Gasteiger partial charge in [-0.3, -0.25) is 10.1 Å². The minimum Gasteiger partial charge on any atom is -0.478 e. The first-order valence-corrected chi connectivity index (χ1v) is 7.67. The third-order valence-corrected chi connectivity index (χ3v) is 4.30. The summed E-state index contributed by atoms with van der Waals surface area (Å²) < 4.78 is 0. The summed E-state index contributed by atoms with van der Waals surface area (Å²) in [6.07, 6.45) is 0. The predicted molar refractivity (Wildman–Crippen MR) is 94.6 cm³/mol. The smallest absolute Gasteiger partial charge is 0.335 e. The topological polar surface area (TPSA) is 95.7 Å². The van der Waals surface area contributed by atoms with Crippen molar-refractivity contribution in [2.24, 2.45) is 0 Å². The molecule has 2 aromatic rings. The number of hydrogen-bond donors (Lipinski definition) is 2. The van der Waals surface area contributed by atoms with E-state index in [0.717, 1.165) is 11.4 Å². The maximum atomic E-state index is 12.0. The number of para-hydroxylation sites is 2. The number of carbonyl (C=O) groups is 1. The average Bonchev–Trinajstić information content (AvgIpc) is 2.69. The minimum atomic E-state index is -1.07. The molecule has 128 valence electrons. The Labute approximate surface area is 144 Å². The van der Waals surface area contributed by atoms with Crippen molar-refractivity contribution in [3.05, 3.63) is 75.5 Å². The van der Waals surface area contributed by atoms with Crippen molar-refractivity contribution in [1.29, 1.82) is 0 Å². The number of carboxylic acids is 1. The Morgan fingerprint density at radius 1 is 1.24 bits per heavy atom. The number of carboxylic acid groups (broad SMARTS) is 1. The zero-order valence-corrected chi connectivity index (χ0v) is 13.8. The second-order valence-electron chi connectivity index (χ2n) is 5.85. The van der Waals surface area contributed by atoms with Gasteiger partial charge in [-0.25, -0.2) is 4.79 Å². The molecular weight excluding hydrogens is 322 g/mol. The number of non-ortho nitro benzene ring substituents is 1. The van der Waals surface area contributed by atoms with E-state index in [1.54, 1.807) is 26.1 Å². The number of rotatable bonds is 3. The van der Waals surface area contributed by atoms with Gasteiger partial charge in [0.25, 0.3) is 5.69 Å². The normalized spacial score (nSPS) is 16.7. The molecule has 0 bridgehead atoms. The first-order chi connectivity index (χ1) is 11.9. The van der Waals surface area contributed by atoms with E-state index >= 15 is 0 Å². The molecule has 0 radical (unpaired) electrons. The van der Waals surface area contributed by atoms with Crippen LogP contribution in [0.5, 0.6) is 0 Å². The molecule has 1 atom stereocenters. The van der Waals surface area contributed by atoms with Crippen LogP contribution >= 0.6 is 0 Å². The van der Waals surface area contributed by atoms with Gasteiger partial charge in [0, 0.05) is 24.9 Å². The van der Waals surface area contributed by atoms with Crippen LogP contribution in [0.4, 0.5) is 17.1 Å². The van der Waals surface area contributed by atoms with Crippen molar-refractivity contribution >= 4 is 23.0 Å². The zero-order chi connectivity index (χ0) is 18.1. The van der Waals surface area contributed by atoms with Crippen LogP contribution in [0.25, 0.3) is 0 Å². The van der Waals surface area contributed by atoms with Crippen LogP contribution in [-0.4, -0.2) is 23.0 Å². The van der Waals surface area contributed by atoms with E-state index in [4.69, 9.17) is 0 Å². The molecule has 0 saturated carbocycles. The molecule has 0 fully saturated rings. The number of hydrogen-bond acceptors (Lipinski definition) is 5. The summed E-state index contributed by atoms with van der Waals surface area (Å²) in [5.74, 6) is -1.07. The highest BCUT2D eigenvalue weighted by molar-refractivity contribution is 5.93. The first-order valence-electron chi connectivity index (χ1n) is 7.67. The van der Waals surface area contributed by atoms with Gasteiger partial charge in [-0.05, 0) is 24.6 Å². The summed E-state index contributed by atoms with van der Waals surface area (Å²) in [6, 6.07) is 12.9. The van der Waals surface area contributed by atoms with E-state index in [9.17, 15) is 20.0 Å². The second-order valence-corrected chi connectivity index (χ2v) is 5.85. The van der Waals surface area contributed by atoms with Crippen LogP contribution in [0, 0.1) is 10.1 Å². The van der Waals surface area contributed by atoms with Crippen LogP contribution in [0.15, 0.2) is 59.8 Å². The van der Waals surface area contributed by atoms with Gasteiger partial charge in [0.2, 0.25) is 0 Å². The summed E-state index contributed by atoms with van der Waals surface area (Å²) in [6.45, 7) is 1.70. The second kappa shape index (κ2) is 6.27. The Kier molecular flexibility index (Phi) is 4.14. The number of fused-ring (bicyclic) bond motifs is 1. The maximum Gasteiger partial charge on any atom is 0.335 e. The lowest BCUT2D eigenvalue weighted by molar-refractivity contribution is -0.384. The Bertz CT molecular complexity index is 891. The molecule has 25 heavy (non-hydrogen) atoms. The van der Waals surface area contributed by atoms with Crippen LogP contribution < -0.4 is 10.2 Å². The number of aliphatic carboxylic acids is 1. The van der Waals surface area contributed by atoms with Gasteiger partial charge < -0.3 is 15.3 Å². The van der Waals surface area contributed by atoms with E-state index in [0.29, 0.717) is 11.3 Å². The molecule has 3 rings (SSSR count). The van der Waals surface area contributed by atoms with Crippen LogP contribution in [0.3, 0.4) is 0 Å². The van der Waals surface area contributed by atoms with Gasteiger partial charge >= 0.3 is 5.97 Å². The quantitative estimate of drug-likeness (QED) is 0.656. The first kappa shape index (κ1) is 16.5. The Morgan fingerprint density at radius 2 is 1.96 bits per heavy atom. The van der Waals surface area contributed by atoms with Crippen molar-refractivity contribution in [1.82, 2.24) is 0 Å². The summed E-state index contributed by atoms with van der Waals surface area (Å²) in [4.78, 5) is 24.4. The van der Waals surface area contributed by atoms with E-state index in [-0.39, 0.29) is 11.3 Å². The lowest BCUT2D eigenvalue weighted by atomic mass is 9.95. The lowest BCUT2D eigenvalue weighted by Gasteiger charge is -2.30. The standard InChI is InChI=1S/C18H17N3O4/c1-11-16(18(22)23)17(12-6-5-7-13(10-12)21(24)25)20(2)15-9-4-3-8-14(15)19-11/h3-10,17,19H,1-2H3,(H,22,23). The summed E-state index contributed by atoms with van der Waals surface area (Å²) in [5, 5.41) is 24.0. The Hall–Kier alpha value is -3.35. The van der Waals surface area contributed by atoms with Gasteiger partial charge in [0.05, 0.1) is 27.9 Å². The highest BCUT2D eigenvalue weighted by Crippen LogP contribution is 2.41. The minimum absolute atomic E-state index is 0.0706. The third-order valence-electron chi connectivity index (χ3n) is 4.30. The number of benzene rings is 2. The fraction of sp³-hybridized carbons (Fsp3) is 0.167. The molecule has 0 aliphatic carbocycles. The molecule has 1 aliphatic heterocycles. The van der Waals surface area contributed by atoms with E-state index in [2.05, 4.69) is 5.32 Å². The molecule has 0 amide bonds. The van der Waals surface area contributed by atoms with Crippen molar-refractivity contribution < 1.29 is 14.8 Å². The molecule has 7 heteroatoms. The van der Waals surface area contributed by atoms with Crippen LogP contribution in [0.1, 0.15) is 18.5 Å². The molecule has 2 N–H and O–H groups in total. The zero-order valence-electron chi connectivity index (χ0n) is 13.8. The van der Waals surface area contributed by atoms with Gasteiger partial charge in [-0.1, -0.05) is 24.3 Å². The summed E-state index contributed by atoms with van der Waals surface area (Å²) in [7, 11) is 1.78. The molecule has 1 unspecified atom stereocenters. The highest BCUT2D eigenvalue weighted by atomic mass is 16.6. The fourth-order valence-corrected chi connectivity index (χ4v) is 3.17. The van der Waals surface area contributed by atoms with Gasteiger partial charge in [-0.2, -0.15) is 0 Å². The van der Waals surface area contributed by atoms with Gasteiger partial charge in [-0.15, -0.1) is 0 Å². The van der Waals surface area contributed by atoms with Crippen molar-refractivity contribution in [2.45, 2.75) is 13.0 Å². The number of allylic oxidation sites excluding steroid dienone is 1. The fourth-order valence-electron chi connectivity index (χ4n) is 3.17. The number of nitrogens with one attached hydrogen (secondary N) is 1. The van der Waals surface area contributed by atoms with Crippen LogP contribution in [-0.2, 0) is 4.79 Å². The molecule has 0 saturated heterocycles. The number of nitrogens with zero attached hydrogens (tertiary/aromatic N) is 2. The maximum absolute atomic E-state index is 12.0. The largest absolute Gasteiger partial charge is 0.478 e. The molecule has 0 spiro atoms. The number of anilines is 2. The number of likely N-dealkylation sites (N-methyl/N-ethyl adjacent to an activating group) is 1. The Balaban J connectivity index is 2.23. The molecular formula is C18H17N3O4. The number of nitro benzene ring substituents is 1. The van der Waals surface area contributed by atoms with E-state index in [1.807, 2.05) is 29.2 Å². The average molecular weight is 339 g/mol. The Morgan fingerprint density at radius 3 is 2.64 bits per heavy atom. The van der Waals surface area contributed by atoms with Gasteiger partial charge in [0.15, 0.2) is 0 Å². The summed E-state index contributed by atoms with van der Waals surface area (Å²) >= 11 is 0. The van der Waals surface area contributed by atoms with Crippen molar-refractivity contribution in [3.8, 4) is 0 Å². The summed E-state index contributed by atoms with van der Waals surface area (Å²) in [5.41, 5.74) is 2.73. The molecule has 0 aromatic heterocycles. The lowest BCUT2D eigenvalue weighted by Crippen LogP contribution is -2.28. The van der Waals surface area contributed by atoms with Crippen LogP contribution in [0.2, 0.25) is 0 Å². The van der Waals surface area contributed by atoms with E-state index < -0.39 is 16.9 Å². The SMILES string of the molecule is CC1=C(C(=O)O)C(c2cccc([N+](=O)[O-])c2)N(C)c2ccccc2N1. The van der Waals surface area contributed by atoms with E-state index in [1.165, 1.54) is 12.1 Å². The predicted octanol–water partition coefficient (Wildman–Crippen LogP) is 3.56. The third kappa shape index (κ3) is 2.91. The number of nitro groups is 1. The molecule has 1 aliphatic rings. The molecule has 2 aromatic carbocycles. The van der Waals surface area contributed by atoms with Crippen molar-refractivity contribution in [2.75, 3.05) is 17.3 Å². The monoisotopic (exact) mass is 339 g/mol. The van der Waals surface area contributed by atoms with Gasteiger partial charge in [0.1, 0.15) is 0 Å². The molecule has 1 heterocycles. The van der Waals surface area contributed by atoms with Crippen molar-refractivity contribution in [3.63, 3.8) is 0 Å².